The molecule has 115 heavy (non-hydrogen) atoms. The first-order valence-corrected chi connectivity index (χ1v) is 39.3. The molecule has 10 N–H and O–H groups in total. The van der Waals surface area contributed by atoms with Crippen molar-refractivity contribution in [1.82, 2.24) is 44.8 Å². The second-order valence-corrected chi connectivity index (χ2v) is 30.5. The molecule has 0 saturated heterocycles. The van der Waals surface area contributed by atoms with Crippen molar-refractivity contribution in [1.29, 1.82) is 0 Å². The maximum Gasteiger partial charge on any atom is 0.303 e. The van der Waals surface area contributed by atoms with Crippen LogP contribution in [-0.4, -0.2) is 139 Å². The highest BCUT2D eigenvalue weighted by Gasteiger charge is 2.30. The number of ether oxygens (including phenoxy) is 2. The molecule has 9 aromatic rings. The van der Waals surface area contributed by atoms with Gasteiger partial charge >= 0.3 is 23.9 Å². The zero-order chi connectivity index (χ0) is 82.5. The van der Waals surface area contributed by atoms with Crippen molar-refractivity contribution < 1.29 is 59.3 Å². The number of aliphatic hydroxyl groups is 2. The Morgan fingerprint density at radius 1 is 0.409 bits per heavy atom. The van der Waals surface area contributed by atoms with Gasteiger partial charge in [0.15, 0.2) is 0 Å². The van der Waals surface area contributed by atoms with Gasteiger partial charge in [-0.3, -0.25) is 19.2 Å². The molecule has 4 unspecified atom stereocenters. The lowest BCUT2D eigenvalue weighted by Gasteiger charge is -2.22. The lowest BCUT2D eigenvalue weighted by Crippen LogP contribution is -2.19. The van der Waals surface area contributed by atoms with Crippen molar-refractivity contribution >= 4 is 124 Å². The zero-order valence-electron chi connectivity index (χ0n) is 68.2. The van der Waals surface area contributed by atoms with E-state index >= 15 is 0 Å². The van der Waals surface area contributed by atoms with E-state index < -0.39 is 48.3 Å². The number of fused-ring (bicyclic) bond motifs is 16. The molecule has 0 aliphatic carbocycles. The molecule has 21 heteroatoms. The smallest absolute Gasteiger partial charge is 0.303 e. The number of nitrogens with one attached hydrogen (secondary N) is 4. The van der Waals surface area contributed by atoms with Gasteiger partial charge in [0.05, 0.1) is 70.0 Å². The molecule has 0 radical (unpaired) electrons. The summed E-state index contributed by atoms with van der Waals surface area (Å²) in [5.41, 5.74) is 28.8. The van der Waals surface area contributed by atoms with Crippen LogP contribution in [0.15, 0.2) is 133 Å². The first kappa shape index (κ1) is 82.6. The quantitative estimate of drug-likeness (QED) is 0.0225. The number of aromatic amines is 4. The maximum absolute atomic E-state index is 12.2. The van der Waals surface area contributed by atoms with Crippen LogP contribution in [0.3, 0.4) is 0 Å². The van der Waals surface area contributed by atoms with Crippen molar-refractivity contribution in [2.45, 2.75) is 172 Å². The molecule has 3 aromatic carbocycles. The van der Waals surface area contributed by atoms with E-state index in [1.165, 1.54) is 27.8 Å². The summed E-state index contributed by atoms with van der Waals surface area (Å²) in [5.74, 6) is -2.90. The number of hydrogen-bond donors (Lipinski definition) is 10. The first-order chi connectivity index (χ1) is 54.9. The second kappa shape index (κ2) is 35.2. The number of carboxylic acid groups (broad SMARTS) is 4. The monoisotopic (exact) mass is 1550 g/mol. The number of benzene rings is 3. The Bertz CT molecular complexity index is 5840. The largest absolute Gasteiger partial charge is 0.492 e. The number of rotatable bonds is 26. The van der Waals surface area contributed by atoms with E-state index in [9.17, 15) is 49.8 Å². The molecule has 0 amide bonds. The van der Waals surface area contributed by atoms with Crippen LogP contribution in [-0.2, 0) is 36.8 Å². The average molecular weight is 1550 g/mol. The third-order valence-electron chi connectivity index (χ3n) is 22.5. The molecule has 6 aromatic heterocycles. The third-order valence-corrected chi connectivity index (χ3v) is 22.5. The van der Waals surface area contributed by atoms with Gasteiger partial charge in [-0.05, 0) is 285 Å². The topological polar surface area (TPSA) is 326 Å². The van der Waals surface area contributed by atoms with Gasteiger partial charge in [0.2, 0.25) is 0 Å². The fraction of sp³-hybridized carbons (Fsp3) is 0.319. The normalized spacial score (nSPS) is 14.2. The van der Waals surface area contributed by atoms with Crippen molar-refractivity contribution in [3.63, 3.8) is 0 Å². The van der Waals surface area contributed by atoms with E-state index in [2.05, 4.69) is 131 Å². The van der Waals surface area contributed by atoms with Gasteiger partial charge in [0.25, 0.3) is 0 Å². The van der Waals surface area contributed by atoms with Crippen molar-refractivity contribution in [2.75, 3.05) is 27.2 Å². The van der Waals surface area contributed by atoms with E-state index in [0.29, 0.717) is 107 Å². The van der Waals surface area contributed by atoms with Gasteiger partial charge in [0.1, 0.15) is 12.4 Å². The molecule has 0 saturated carbocycles. The Labute approximate surface area is 669 Å². The van der Waals surface area contributed by atoms with Crippen molar-refractivity contribution in [3.8, 4) is 5.75 Å². The van der Waals surface area contributed by atoms with E-state index in [0.717, 1.165) is 96.7 Å². The summed E-state index contributed by atoms with van der Waals surface area (Å²) in [4.78, 5) is 85.4. The number of aliphatic carboxylic acids is 4. The summed E-state index contributed by atoms with van der Waals surface area (Å²) in [6, 6.07) is 45.1. The third kappa shape index (κ3) is 18.1. The Morgan fingerprint density at radius 2 is 0.783 bits per heavy atom. The van der Waals surface area contributed by atoms with Gasteiger partial charge in [-0.25, -0.2) is 19.9 Å². The summed E-state index contributed by atoms with van der Waals surface area (Å²) >= 11 is 0. The predicted octanol–water partition coefficient (Wildman–Crippen LogP) is 19.3. The molecular weight excluding hydrogens is 1450 g/mol. The van der Waals surface area contributed by atoms with Gasteiger partial charge in [0, 0.05) is 98.6 Å². The van der Waals surface area contributed by atoms with Crippen LogP contribution in [0, 0.1) is 27.7 Å². The SMILES string of the molecule is CC/C(=C(\c1ccccc1)c1ccc(OCCN(C)C)cc1)c1ccccc1.CC1=C(CCC(=O)O)c2cc3[nH]c(cc4nc(cc5[nH]c(cc1n2)c(C)c5C(C)OC(C)C1=C(C)c2cc5[nH]c(cc6nc(cc7[nH]c(cc1n2)c(C)c7CCC(=O)O)C(CCC(=O)O)=C6C)c(C)c5C(C)O)C(C)=C4C(C)O)c(C)c3CCC(=O)O. The van der Waals surface area contributed by atoms with Crippen LogP contribution in [0.5, 0.6) is 5.75 Å². The van der Waals surface area contributed by atoms with Gasteiger partial charge < -0.3 is 64.9 Å². The van der Waals surface area contributed by atoms with E-state index in [-0.39, 0.29) is 51.4 Å². The fourth-order valence-corrected chi connectivity index (χ4v) is 16.4. The number of aliphatic hydroxyl groups excluding tert-OH is 2. The molecular formula is C94H103N9O12. The molecule has 4 aliphatic heterocycles. The van der Waals surface area contributed by atoms with Gasteiger partial charge in [-0.1, -0.05) is 79.7 Å². The number of carbonyl (C=O) groups is 4. The fourth-order valence-electron chi connectivity index (χ4n) is 16.4. The maximum atomic E-state index is 12.2. The Balaban J connectivity index is 0.000000366. The first-order valence-electron chi connectivity index (χ1n) is 39.3. The number of aromatic nitrogens is 8. The molecule has 0 spiro atoms. The van der Waals surface area contributed by atoms with Crippen LogP contribution < -0.4 is 4.74 Å². The highest BCUT2D eigenvalue weighted by Crippen LogP contribution is 2.44. The Hall–Kier alpha value is -11.9. The summed E-state index contributed by atoms with van der Waals surface area (Å²) in [7, 11) is 4.11. The number of H-pyrrole nitrogens is 4. The Kier molecular flexibility index (Phi) is 25.3. The second-order valence-electron chi connectivity index (χ2n) is 30.5. The van der Waals surface area contributed by atoms with Crippen LogP contribution in [0.4, 0.5) is 0 Å². The molecule has 21 nitrogen and oxygen atoms in total. The number of nitrogens with zero attached hydrogens (tertiary/aromatic N) is 5. The van der Waals surface area contributed by atoms with Crippen LogP contribution in [0.25, 0.3) is 99.9 Å². The highest BCUT2D eigenvalue weighted by molar-refractivity contribution is 6.01. The van der Waals surface area contributed by atoms with Crippen LogP contribution in [0.1, 0.15) is 226 Å². The molecule has 596 valence electrons. The summed E-state index contributed by atoms with van der Waals surface area (Å²) in [5, 5.41) is 62.2. The van der Waals surface area contributed by atoms with E-state index in [4.69, 9.17) is 29.4 Å². The van der Waals surface area contributed by atoms with E-state index in [1.807, 2.05) is 118 Å². The molecule has 0 fully saturated rings. The summed E-state index contributed by atoms with van der Waals surface area (Å²) < 4.78 is 13.1. The lowest BCUT2D eigenvalue weighted by atomic mass is 9.88. The zero-order valence-corrected chi connectivity index (χ0v) is 68.2. The molecule has 4 atom stereocenters. The summed E-state index contributed by atoms with van der Waals surface area (Å²) in [6.07, 6.45) is -1.76. The van der Waals surface area contributed by atoms with Crippen molar-refractivity contribution in [3.05, 3.63) is 240 Å². The Morgan fingerprint density at radius 3 is 1.23 bits per heavy atom. The van der Waals surface area contributed by atoms with E-state index in [1.54, 1.807) is 13.8 Å². The van der Waals surface area contributed by atoms with Crippen LogP contribution in [0.2, 0.25) is 0 Å². The minimum absolute atomic E-state index is 0.121. The standard InChI is InChI=1S/C68H74N8O11.C26H29NO/c1-29-41(13-17-61(79)80)53-28-56-44(16-20-64(85)86)32(4)48(72-56)24-59-68(36(8)52(76-59)25-58-65(37(9)77)33(5)49(73-58)21-45(29)69-53)40(12)87-39(11)67-35(7)50-22-46-30(2)42(14-18-62(81)82)54(70-46)27-55-43(15-19-63(83)84)31(3)47(71-55)23-57-66(38(10)78)34(6)51(74-57)26-60(67)75-50;1-4-25(21-11-7-5-8-12-21)26(22-13-9-6-10-14-22)23-15-17-24(18-16-23)28-20-19-27(2)3/h21-28,37-40,71-73,75,77-78H,13-20H2,1-12H3,(H,79,80)(H,81,82)(H,83,84)(H,85,86);5-18H,4,19-20H2,1-3H3/b;26-25-. The van der Waals surface area contributed by atoms with Crippen LogP contribution >= 0.6 is 0 Å². The number of aryl methyl sites for hydroxylation is 6. The molecule has 13 rings (SSSR count). The lowest BCUT2D eigenvalue weighted by molar-refractivity contribution is -0.138. The number of hydrogen-bond acceptors (Lipinski definition) is 13. The molecule has 4 aliphatic rings. The highest BCUT2D eigenvalue weighted by atomic mass is 16.5. The molecule has 16 bridgehead atoms. The average Bonchev–Trinajstić information content (AvgIpc) is 1.62. The minimum Gasteiger partial charge on any atom is -0.492 e. The minimum atomic E-state index is -0.958. The number of allylic oxidation sites excluding steroid dienone is 7. The molecule has 10 heterocycles. The predicted molar refractivity (Wildman–Crippen MR) is 457 cm³/mol. The number of carboxylic acids is 4. The number of likely N-dealkylation sites (N-methyl/N-ethyl adjacent to an activating group) is 1. The van der Waals surface area contributed by atoms with Crippen molar-refractivity contribution in [2.24, 2.45) is 0 Å². The van der Waals surface area contributed by atoms with Gasteiger partial charge in [-0.2, -0.15) is 0 Å². The van der Waals surface area contributed by atoms with Gasteiger partial charge in [-0.15, -0.1) is 0 Å². The summed E-state index contributed by atoms with van der Waals surface area (Å²) in [6.45, 7) is 26.7.